The number of H-pyrrole nitrogens is 1. The monoisotopic (exact) mass is 628 g/mol. The molecule has 1 unspecified atom stereocenters. The number of aromatic nitrogens is 1. The van der Waals surface area contributed by atoms with Crippen LogP contribution in [0, 0.1) is 0 Å². The normalized spacial score (nSPS) is 12.0. The van der Waals surface area contributed by atoms with Crippen LogP contribution < -0.4 is 16.0 Å². The summed E-state index contributed by atoms with van der Waals surface area (Å²) in [4.78, 5) is 43.3. The molecule has 7 nitrogen and oxygen atoms in total. The van der Waals surface area contributed by atoms with Gasteiger partial charge in [-0.25, -0.2) is 0 Å². The van der Waals surface area contributed by atoms with Crippen molar-refractivity contribution >= 4 is 81.0 Å². The first-order valence-corrected chi connectivity index (χ1v) is 14.9. The third kappa shape index (κ3) is 7.48. The maximum Gasteiger partial charge on any atom is 0.272 e. The van der Waals surface area contributed by atoms with Gasteiger partial charge in [-0.1, -0.05) is 71.7 Å². The molecule has 0 bridgehead atoms. The molecule has 1 atom stereocenters. The highest BCUT2D eigenvalue weighted by Gasteiger charge is 2.19. The predicted molar refractivity (Wildman–Crippen MR) is 176 cm³/mol. The number of carbonyl (C=O) groups excluding carboxylic acids is 3. The van der Waals surface area contributed by atoms with Crippen LogP contribution in [-0.2, 0) is 9.59 Å². The van der Waals surface area contributed by atoms with Gasteiger partial charge in [-0.3, -0.25) is 14.4 Å². The molecule has 216 valence electrons. The quantitative estimate of drug-likeness (QED) is 0.0980. The fourth-order valence-electron chi connectivity index (χ4n) is 4.25. The van der Waals surface area contributed by atoms with Crippen LogP contribution in [0.25, 0.3) is 17.0 Å². The summed E-state index contributed by atoms with van der Waals surface area (Å²) >= 11 is 13.6. The van der Waals surface area contributed by atoms with Crippen LogP contribution >= 0.6 is 35.0 Å². The lowest BCUT2D eigenvalue weighted by atomic mass is 10.1. The molecule has 4 aromatic carbocycles. The summed E-state index contributed by atoms with van der Waals surface area (Å²) < 4.78 is 0. The molecule has 0 radical (unpaired) electrons. The van der Waals surface area contributed by atoms with Gasteiger partial charge in [0.25, 0.3) is 11.8 Å². The molecule has 0 saturated heterocycles. The fourth-order valence-corrected chi connectivity index (χ4v) is 5.52. The Kier molecular flexibility index (Phi) is 9.51. The molecule has 1 heterocycles. The van der Waals surface area contributed by atoms with Gasteiger partial charge in [-0.05, 0) is 61.5 Å². The van der Waals surface area contributed by atoms with Gasteiger partial charge in [-0.15, -0.1) is 11.8 Å². The minimum Gasteiger partial charge on any atom is -0.361 e. The number of anilines is 2. The van der Waals surface area contributed by atoms with Crippen LogP contribution in [0.2, 0.25) is 10.0 Å². The van der Waals surface area contributed by atoms with Gasteiger partial charge in [0.2, 0.25) is 5.91 Å². The van der Waals surface area contributed by atoms with Crippen molar-refractivity contribution < 1.29 is 14.4 Å². The topological polar surface area (TPSA) is 103 Å². The number of halogens is 2. The van der Waals surface area contributed by atoms with E-state index in [0.717, 1.165) is 21.4 Å². The van der Waals surface area contributed by atoms with E-state index in [9.17, 15) is 14.4 Å². The molecule has 43 heavy (non-hydrogen) atoms. The highest BCUT2D eigenvalue weighted by atomic mass is 35.5. The molecular formula is C33H26Cl2N4O3S. The van der Waals surface area contributed by atoms with E-state index in [2.05, 4.69) is 20.9 Å². The van der Waals surface area contributed by atoms with Crippen molar-refractivity contribution in [1.29, 1.82) is 0 Å². The van der Waals surface area contributed by atoms with Crippen molar-refractivity contribution in [3.8, 4) is 0 Å². The zero-order chi connectivity index (χ0) is 30.3. The van der Waals surface area contributed by atoms with E-state index in [1.165, 1.54) is 11.8 Å². The van der Waals surface area contributed by atoms with Gasteiger partial charge < -0.3 is 20.9 Å². The number of carbonyl (C=O) groups is 3. The number of thioether (sulfide) groups is 1. The Labute approximate surface area is 262 Å². The predicted octanol–water partition coefficient (Wildman–Crippen LogP) is 8.00. The number of benzene rings is 4. The molecule has 5 rings (SSSR count). The Morgan fingerprint density at radius 3 is 2.42 bits per heavy atom. The van der Waals surface area contributed by atoms with E-state index in [0.29, 0.717) is 22.0 Å². The van der Waals surface area contributed by atoms with Crippen LogP contribution in [0.3, 0.4) is 0 Å². The van der Waals surface area contributed by atoms with Crippen molar-refractivity contribution in [2.45, 2.75) is 17.1 Å². The number of fused-ring (bicyclic) bond motifs is 1. The molecule has 5 aromatic rings. The fraction of sp³-hybridized carbons (Fsp3) is 0.0606. The minimum absolute atomic E-state index is 0.0720. The first kappa shape index (κ1) is 30.0. The molecule has 4 N–H and O–H groups in total. The molecule has 0 spiro atoms. The summed E-state index contributed by atoms with van der Waals surface area (Å²) in [6.07, 6.45) is 3.42. The molecule has 3 amide bonds. The number of nitrogens with one attached hydrogen (secondary N) is 4. The van der Waals surface area contributed by atoms with Crippen LogP contribution in [0.1, 0.15) is 22.8 Å². The van der Waals surface area contributed by atoms with Gasteiger partial charge in [0.05, 0.1) is 21.0 Å². The van der Waals surface area contributed by atoms with E-state index >= 15 is 0 Å². The average Bonchev–Trinajstić information content (AvgIpc) is 3.42. The summed E-state index contributed by atoms with van der Waals surface area (Å²) in [5, 5.41) is 9.49. The molecule has 0 aliphatic heterocycles. The Morgan fingerprint density at radius 2 is 1.60 bits per heavy atom. The number of amides is 3. The maximum absolute atomic E-state index is 13.5. The molecule has 10 heteroatoms. The summed E-state index contributed by atoms with van der Waals surface area (Å²) in [5.41, 5.74) is 3.08. The lowest BCUT2D eigenvalue weighted by molar-refractivity contribution is -0.115. The minimum atomic E-state index is -0.502. The molecule has 1 aromatic heterocycles. The lowest BCUT2D eigenvalue weighted by Crippen LogP contribution is -2.30. The molecular weight excluding hydrogens is 603 g/mol. The van der Waals surface area contributed by atoms with Crippen LogP contribution in [-0.4, -0.2) is 28.0 Å². The third-order valence-electron chi connectivity index (χ3n) is 6.43. The van der Waals surface area contributed by atoms with E-state index in [4.69, 9.17) is 23.2 Å². The average molecular weight is 630 g/mol. The van der Waals surface area contributed by atoms with Crippen LogP contribution in [0.15, 0.2) is 114 Å². The summed E-state index contributed by atoms with van der Waals surface area (Å²) in [6, 6.07) is 28.5. The second kappa shape index (κ2) is 13.6. The van der Waals surface area contributed by atoms with E-state index in [-0.39, 0.29) is 16.6 Å². The zero-order valence-corrected chi connectivity index (χ0v) is 25.2. The van der Waals surface area contributed by atoms with Crippen LogP contribution in [0.5, 0.6) is 0 Å². The molecule has 0 saturated carbocycles. The van der Waals surface area contributed by atoms with E-state index in [1.54, 1.807) is 79.9 Å². The number of rotatable bonds is 9. The second-order valence-electron chi connectivity index (χ2n) is 9.50. The highest BCUT2D eigenvalue weighted by molar-refractivity contribution is 8.00. The third-order valence-corrected chi connectivity index (χ3v) is 8.35. The van der Waals surface area contributed by atoms with E-state index < -0.39 is 17.1 Å². The Bertz CT molecular complexity index is 1840. The zero-order valence-electron chi connectivity index (χ0n) is 22.9. The Morgan fingerprint density at radius 1 is 0.860 bits per heavy atom. The Balaban J connectivity index is 1.33. The number of hydrogen-bond acceptors (Lipinski definition) is 4. The first-order chi connectivity index (χ1) is 20.8. The smallest absolute Gasteiger partial charge is 0.272 e. The largest absolute Gasteiger partial charge is 0.361 e. The molecule has 0 aliphatic carbocycles. The van der Waals surface area contributed by atoms with Gasteiger partial charge in [0.15, 0.2) is 0 Å². The SMILES string of the molecule is CC(Sc1cccc(NC(=O)/C(=C/c2c[nH]c3ccccc23)NC(=O)c2ccccc2)c1)C(=O)Nc1cccc(Cl)c1Cl. The van der Waals surface area contributed by atoms with Gasteiger partial charge >= 0.3 is 0 Å². The van der Waals surface area contributed by atoms with E-state index in [1.807, 2.05) is 36.4 Å². The van der Waals surface area contributed by atoms with Gasteiger partial charge in [-0.2, -0.15) is 0 Å². The number of hydrogen-bond donors (Lipinski definition) is 4. The Hall–Kier alpha value is -4.50. The van der Waals surface area contributed by atoms with Gasteiger partial charge in [0.1, 0.15) is 5.70 Å². The first-order valence-electron chi connectivity index (χ1n) is 13.3. The van der Waals surface area contributed by atoms with Crippen molar-refractivity contribution in [1.82, 2.24) is 10.3 Å². The summed E-state index contributed by atoms with van der Waals surface area (Å²) in [6.45, 7) is 1.77. The number of aromatic amines is 1. The summed E-state index contributed by atoms with van der Waals surface area (Å²) in [7, 11) is 0. The van der Waals surface area contributed by atoms with Crippen LogP contribution in [0.4, 0.5) is 11.4 Å². The molecule has 0 aliphatic rings. The van der Waals surface area contributed by atoms with Crippen molar-refractivity contribution in [2.75, 3.05) is 10.6 Å². The van der Waals surface area contributed by atoms with Crippen molar-refractivity contribution in [2.24, 2.45) is 0 Å². The second-order valence-corrected chi connectivity index (χ2v) is 11.7. The number of para-hydroxylation sites is 1. The van der Waals surface area contributed by atoms with Gasteiger partial charge in [0, 0.05) is 38.8 Å². The lowest BCUT2D eigenvalue weighted by Gasteiger charge is -2.15. The highest BCUT2D eigenvalue weighted by Crippen LogP contribution is 2.31. The summed E-state index contributed by atoms with van der Waals surface area (Å²) in [5.74, 6) is -1.17. The van der Waals surface area contributed by atoms with Crippen molar-refractivity contribution in [3.63, 3.8) is 0 Å². The van der Waals surface area contributed by atoms with Crippen molar-refractivity contribution in [3.05, 3.63) is 130 Å². The standard InChI is InChI=1S/C33H26Cl2N4O3S/c1-20(31(40)38-28-16-8-14-26(34)30(28)35)43-24-12-7-11-23(18-24)37-33(42)29(39-32(41)21-9-3-2-4-10-21)17-22-19-36-27-15-6-5-13-25(22)27/h2-20,36H,1H3,(H,37,42)(H,38,40)(H,39,41)/b29-17-. The molecule has 0 fully saturated rings. The maximum atomic E-state index is 13.5.